The maximum absolute atomic E-state index is 12.7. The van der Waals surface area contributed by atoms with Crippen LogP contribution in [-0.4, -0.2) is 17.4 Å². The first-order valence-electron chi connectivity index (χ1n) is 8.78. The normalized spacial score (nSPS) is 23.9. The first-order chi connectivity index (χ1) is 12.0. The molecule has 0 radical (unpaired) electrons. The zero-order chi connectivity index (χ0) is 17.9. The molecule has 3 heterocycles. The molecule has 5 heteroatoms. The number of carbonyl (C=O) groups excluding carboxylic acids is 2. The fourth-order valence-corrected chi connectivity index (χ4v) is 5.22. The van der Waals surface area contributed by atoms with E-state index in [-0.39, 0.29) is 30.0 Å². The van der Waals surface area contributed by atoms with Gasteiger partial charge in [-0.1, -0.05) is 13.8 Å². The van der Waals surface area contributed by atoms with Gasteiger partial charge in [0.05, 0.1) is 5.92 Å². The van der Waals surface area contributed by atoms with Gasteiger partial charge in [0.1, 0.15) is 12.0 Å². The smallest absolute Gasteiger partial charge is 0.313 e. The van der Waals surface area contributed by atoms with E-state index in [0.717, 1.165) is 19.3 Å². The van der Waals surface area contributed by atoms with Crippen molar-refractivity contribution in [3.05, 3.63) is 44.8 Å². The van der Waals surface area contributed by atoms with Crippen LogP contribution in [0.15, 0.2) is 33.7 Å². The maximum atomic E-state index is 12.7. The topological polar surface area (TPSA) is 43.4 Å². The molecule has 1 saturated heterocycles. The number of aryl methyl sites for hydroxylation is 2. The van der Waals surface area contributed by atoms with E-state index in [2.05, 4.69) is 47.5 Å². The second kappa shape index (κ2) is 7.83. The first kappa shape index (κ1) is 18.3. The minimum absolute atomic E-state index is 0.0468. The van der Waals surface area contributed by atoms with Crippen LogP contribution in [0.4, 0.5) is 0 Å². The minimum Gasteiger partial charge on any atom is -0.458 e. The molecule has 3 rings (SSSR count). The summed E-state index contributed by atoms with van der Waals surface area (Å²) in [4.78, 5) is 24.8. The lowest BCUT2D eigenvalue weighted by Crippen LogP contribution is -2.54. The predicted molar refractivity (Wildman–Crippen MR) is 102 cm³/mol. The number of thiophene rings is 2. The SMILES string of the molecule is CC(C)C1(CCc2ccsc2)OC(=O)CC(=O)C1CCc1ccsc1. The Morgan fingerprint density at radius 2 is 1.76 bits per heavy atom. The number of hydrogen-bond acceptors (Lipinski definition) is 5. The van der Waals surface area contributed by atoms with Crippen molar-refractivity contribution in [1.82, 2.24) is 0 Å². The van der Waals surface area contributed by atoms with Crippen LogP contribution in [0, 0.1) is 11.8 Å². The van der Waals surface area contributed by atoms with E-state index in [1.165, 1.54) is 11.1 Å². The molecule has 1 fully saturated rings. The summed E-state index contributed by atoms with van der Waals surface area (Å²) >= 11 is 3.34. The molecule has 25 heavy (non-hydrogen) atoms. The van der Waals surface area contributed by atoms with E-state index in [1.807, 2.05) is 0 Å². The molecule has 0 amide bonds. The summed E-state index contributed by atoms with van der Waals surface area (Å²) in [5, 5.41) is 8.37. The highest BCUT2D eigenvalue weighted by Crippen LogP contribution is 2.42. The molecular formula is C20H24O3S2. The predicted octanol–water partition coefficient (Wildman–Crippen LogP) is 4.90. The van der Waals surface area contributed by atoms with Gasteiger partial charge in [-0.15, -0.1) is 0 Å². The van der Waals surface area contributed by atoms with Crippen LogP contribution in [0.2, 0.25) is 0 Å². The molecule has 0 N–H and O–H groups in total. The number of Topliss-reactive ketones (excluding diaryl/α,β-unsaturated/α-hetero) is 1. The Labute approximate surface area is 157 Å². The average molecular weight is 377 g/mol. The molecule has 1 aliphatic heterocycles. The Balaban J connectivity index is 1.82. The van der Waals surface area contributed by atoms with E-state index in [0.29, 0.717) is 6.42 Å². The lowest BCUT2D eigenvalue weighted by atomic mass is 9.69. The summed E-state index contributed by atoms with van der Waals surface area (Å²) in [6, 6.07) is 4.21. The Morgan fingerprint density at radius 1 is 1.12 bits per heavy atom. The standard InChI is InChI=1S/C20H24O3S2/c1-14(2)20(8-5-16-7-10-25-13-16)17(18(21)11-19(22)23-20)4-3-15-6-9-24-12-15/h6-7,9-10,12-14,17H,3-5,8,11H2,1-2H3. The summed E-state index contributed by atoms with van der Waals surface area (Å²) in [5.74, 6) is -0.433. The first-order valence-corrected chi connectivity index (χ1v) is 10.7. The Kier molecular flexibility index (Phi) is 5.74. The Bertz CT molecular complexity index is 703. The van der Waals surface area contributed by atoms with Crippen LogP contribution in [0.3, 0.4) is 0 Å². The molecule has 0 aliphatic carbocycles. The lowest BCUT2D eigenvalue weighted by molar-refractivity contribution is -0.188. The van der Waals surface area contributed by atoms with Gasteiger partial charge in [0, 0.05) is 0 Å². The number of esters is 1. The van der Waals surface area contributed by atoms with Gasteiger partial charge < -0.3 is 4.74 Å². The minimum atomic E-state index is -0.690. The molecule has 2 aromatic heterocycles. The van der Waals surface area contributed by atoms with Gasteiger partial charge in [-0.3, -0.25) is 9.59 Å². The molecule has 0 spiro atoms. The molecule has 0 aromatic carbocycles. The van der Waals surface area contributed by atoms with Crippen molar-refractivity contribution in [2.24, 2.45) is 11.8 Å². The molecule has 134 valence electrons. The van der Waals surface area contributed by atoms with Crippen LogP contribution in [-0.2, 0) is 27.2 Å². The van der Waals surface area contributed by atoms with Gasteiger partial charge in [0.2, 0.25) is 0 Å². The Morgan fingerprint density at radius 3 is 2.32 bits per heavy atom. The fourth-order valence-electron chi connectivity index (χ4n) is 3.82. The molecule has 1 aliphatic rings. The van der Waals surface area contributed by atoms with E-state index >= 15 is 0 Å². The highest BCUT2D eigenvalue weighted by molar-refractivity contribution is 7.08. The zero-order valence-corrected chi connectivity index (χ0v) is 16.3. The van der Waals surface area contributed by atoms with Gasteiger partial charge in [-0.25, -0.2) is 0 Å². The number of carbonyl (C=O) groups is 2. The number of rotatable bonds is 7. The number of hydrogen-bond donors (Lipinski definition) is 0. The van der Waals surface area contributed by atoms with E-state index in [4.69, 9.17) is 4.74 Å². The fraction of sp³-hybridized carbons (Fsp3) is 0.500. The van der Waals surface area contributed by atoms with Crippen molar-refractivity contribution in [2.45, 2.75) is 51.6 Å². The summed E-state index contributed by atoms with van der Waals surface area (Å²) in [5.41, 5.74) is 1.81. The summed E-state index contributed by atoms with van der Waals surface area (Å²) < 4.78 is 5.93. The van der Waals surface area contributed by atoms with Crippen LogP contribution in [0.5, 0.6) is 0 Å². The van der Waals surface area contributed by atoms with E-state index < -0.39 is 5.60 Å². The zero-order valence-electron chi connectivity index (χ0n) is 14.7. The van der Waals surface area contributed by atoms with Crippen LogP contribution in [0.25, 0.3) is 0 Å². The number of ketones is 1. The van der Waals surface area contributed by atoms with Gasteiger partial charge in [-0.05, 0) is 76.4 Å². The summed E-state index contributed by atoms with van der Waals surface area (Å²) in [7, 11) is 0. The van der Waals surface area contributed by atoms with Crippen molar-refractivity contribution >= 4 is 34.4 Å². The molecule has 0 saturated carbocycles. The number of cyclic esters (lactones) is 1. The van der Waals surface area contributed by atoms with Gasteiger partial charge in [0.25, 0.3) is 0 Å². The second-order valence-electron chi connectivity index (χ2n) is 7.08. The molecule has 2 atom stereocenters. The van der Waals surface area contributed by atoms with Crippen molar-refractivity contribution < 1.29 is 14.3 Å². The Hall–Kier alpha value is -1.46. The second-order valence-corrected chi connectivity index (χ2v) is 8.64. The lowest BCUT2D eigenvalue weighted by Gasteiger charge is -2.45. The maximum Gasteiger partial charge on any atom is 0.313 e. The van der Waals surface area contributed by atoms with Gasteiger partial charge in [0.15, 0.2) is 5.78 Å². The third-order valence-corrected chi connectivity index (χ3v) is 6.73. The third-order valence-electron chi connectivity index (χ3n) is 5.26. The largest absolute Gasteiger partial charge is 0.458 e. The number of ether oxygens (including phenoxy) is 1. The monoisotopic (exact) mass is 376 g/mol. The van der Waals surface area contributed by atoms with E-state index in [9.17, 15) is 9.59 Å². The van der Waals surface area contributed by atoms with Crippen LogP contribution < -0.4 is 0 Å². The molecule has 2 unspecified atom stereocenters. The van der Waals surface area contributed by atoms with Gasteiger partial charge in [-0.2, -0.15) is 22.7 Å². The van der Waals surface area contributed by atoms with Crippen molar-refractivity contribution in [3.63, 3.8) is 0 Å². The van der Waals surface area contributed by atoms with Gasteiger partial charge >= 0.3 is 5.97 Å². The average Bonchev–Trinajstić information content (AvgIpc) is 3.25. The van der Waals surface area contributed by atoms with Crippen molar-refractivity contribution in [3.8, 4) is 0 Å². The third kappa shape index (κ3) is 4.04. The highest BCUT2D eigenvalue weighted by Gasteiger charge is 2.51. The van der Waals surface area contributed by atoms with E-state index in [1.54, 1.807) is 22.7 Å². The molecular weight excluding hydrogens is 352 g/mol. The molecule has 0 bridgehead atoms. The molecule has 3 nitrogen and oxygen atoms in total. The van der Waals surface area contributed by atoms with Crippen LogP contribution in [0.1, 0.15) is 44.2 Å². The molecule has 2 aromatic rings. The summed E-state index contributed by atoms with van der Waals surface area (Å²) in [6.07, 6.45) is 3.04. The highest BCUT2D eigenvalue weighted by atomic mass is 32.1. The quantitative estimate of drug-likeness (QED) is 0.510. The van der Waals surface area contributed by atoms with Crippen molar-refractivity contribution in [2.75, 3.05) is 0 Å². The van der Waals surface area contributed by atoms with Crippen LogP contribution >= 0.6 is 22.7 Å². The van der Waals surface area contributed by atoms with Crippen molar-refractivity contribution in [1.29, 1.82) is 0 Å². The summed E-state index contributed by atoms with van der Waals surface area (Å²) in [6.45, 7) is 4.13.